The van der Waals surface area contributed by atoms with Crippen molar-refractivity contribution in [1.82, 2.24) is 5.43 Å². The minimum Gasteiger partial charge on any atom is -0.449 e. The van der Waals surface area contributed by atoms with Crippen LogP contribution in [0.2, 0.25) is 0 Å². The molecule has 0 saturated heterocycles. The third-order valence-corrected chi connectivity index (χ3v) is 1.71. The molecule has 0 aromatic rings. The zero-order chi connectivity index (χ0) is 10.6. The zero-order valence-electron chi connectivity index (χ0n) is 9.08. The first-order valence-corrected chi connectivity index (χ1v) is 5.25. The van der Waals surface area contributed by atoms with Gasteiger partial charge in [-0.1, -0.05) is 26.2 Å². The first-order valence-electron chi connectivity index (χ1n) is 5.25. The number of hydrogen-bond donors (Lipinski definition) is 1. The number of ether oxygens (including phenoxy) is 1. The monoisotopic (exact) mass is 200 g/mol. The Labute approximate surface area is 85.7 Å². The van der Waals surface area contributed by atoms with E-state index in [2.05, 4.69) is 22.2 Å². The summed E-state index contributed by atoms with van der Waals surface area (Å²) in [5.41, 5.74) is 2.28. The molecule has 0 rings (SSSR count). The first-order chi connectivity index (χ1) is 6.81. The highest BCUT2D eigenvalue weighted by atomic mass is 16.5. The summed E-state index contributed by atoms with van der Waals surface area (Å²) in [6.45, 7) is 4.31. The van der Waals surface area contributed by atoms with E-state index in [-0.39, 0.29) is 0 Å². The van der Waals surface area contributed by atoms with E-state index in [0.29, 0.717) is 6.61 Å². The molecule has 0 unspecified atom stereocenters. The molecular weight excluding hydrogens is 180 g/mol. The van der Waals surface area contributed by atoms with Crippen molar-refractivity contribution in [2.24, 2.45) is 5.10 Å². The average Bonchev–Trinajstić information content (AvgIpc) is 2.17. The second-order valence-electron chi connectivity index (χ2n) is 2.99. The Kier molecular flexibility index (Phi) is 9.26. The highest BCUT2D eigenvalue weighted by Gasteiger charge is 1.94. The summed E-state index contributed by atoms with van der Waals surface area (Å²) < 4.78 is 4.62. The molecule has 1 N–H and O–H groups in total. The van der Waals surface area contributed by atoms with Gasteiger partial charge in [-0.15, -0.1) is 0 Å². The van der Waals surface area contributed by atoms with Crippen LogP contribution < -0.4 is 5.43 Å². The van der Waals surface area contributed by atoms with E-state index >= 15 is 0 Å². The van der Waals surface area contributed by atoms with Gasteiger partial charge in [0.05, 0.1) is 6.61 Å². The van der Waals surface area contributed by atoms with Gasteiger partial charge in [0.1, 0.15) is 0 Å². The zero-order valence-corrected chi connectivity index (χ0v) is 9.08. The Morgan fingerprint density at radius 2 is 2.14 bits per heavy atom. The van der Waals surface area contributed by atoms with Crippen LogP contribution in [0.15, 0.2) is 5.10 Å². The summed E-state index contributed by atoms with van der Waals surface area (Å²) in [5, 5.41) is 3.74. The van der Waals surface area contributed by atoms with E-state index in [1.165, 1.54) is 19.3 Å². The Bertz CT molecular complexity index is 170. The van der Waals surface area contributed by atoms with E-state index < -0.39 is 6.09 Å². The molecule has 0 bridgehead atoms. The Hall–Kier alpha value is -1.06. The van der Waals surface area contributed by atoms with Crippen LogP contribution in [-0.4, -0.2) is 18.9 Å². The molecular formula is C10H20N2O2. The molecule has 1 amide bonds. The third-order valence-electron chi connectivity index (χ3n) is 1.71. The fourth-order valence-corrected chi connectivity index (χ4v) is 0.989. The van der Waals surface area contributed by atoms with Crippen LogP contribution in [0.5, 0.6) is 0 Å². The van der Waals surface area contributed by atoms with Gasteiger partial charge in [0.25, 0.3) is 0 Å². The fourth-order valence-electron chi connectivity index (χ4n) is 0.989. The molecule has 14 heavy (non-hydrogen) atoms. The summed E-state index contributed by atoms with van der Waals surface area (Å²) in [6.07, 6.45) is 6.98. The Morgan fingerprint density at radius 1 is 1.36 bits per heavy atom. The second kappa shape index (κ2) is 10.0. The molecule has 0 aliphatic heterocycles. The van der Waals surface area contributed by atoms with Crippen molar-refractivity contribution < 1.29 is 9.53 Å². The van der Waals surface area contributed by atoms with Crippen molar-refractivity contribution in [1.29, 1.82) is 0 Å². The molecule has 0 radical (unpaired) electrons. The molecule has 0 aliphatic carbocycles. The molecule has 0 fully saturated rings. The fraction of sp³-hybridized carbons (Fsp3) is 0.800. The standard InChI is InChI=1S/C10H20N2O2/c1-3-5-6-7-8-9-11-12-10(13)14-4-2/h9H,3-8H2,1-2H3,(H,12,13)/b11-9-. The van der Waals surface area contributed by atoms with Crippen LogP contribution in [0.25, 0.3) is 0 Å². The van der Waals surface area contributed by atoms with E-state index in [1.54, 1.807) is 13.1 Å². The molecule has 4 nitrogen and oxygen atoms in total. The van der Waals surface area contributed by atoms with E-state index in [4.69, 9.17) is 0 Å². The van der Waals surface area contributed by atoms with E-state index in [0.717, 1.165) is 12.8 Å². The quantitative estimate of drug-likeness (QED) is 0.390. The van der Waals surface area contributed by atoms with Crippen molar-refractivity contribution in [3.63, 3.8) is 0 Å². The summed E-state index contributed by atoms with van der Waals surface area (Å²) in [7, 11) is 0. The molecule has 4 heteroatoms. The lowest BCUT2D eigenvalue weighted by atomic mass is 10.2. The number of hydrazone groups is 1. The number of hydrogen-bond acceptors (Lipinski definition) is 3. The van der Waals surface area contributed by atoms with Gasteiger partial charge < -0.3 is 4.74 Å². The van der Waals surface area contributed by atoms with Crippen molar-refractivity contribution >= 4 is 12.3 Å². The van der Waals surface area contributed by atoms with Gasteiger partial charge in [0, 0.05) is 6.21 Å². The molecule has 0 spiro atoms. The lowest BCUT2D eigenvalue weighted by Crippen LogP contribution is -2.18. The minimum atomic E-state index is -0.489. The predicted molar refractivity (Wildman–Crippen MR) is 57.4 cm³/mol. The first kappa shape index (κ1) is 12.9. The van der Waals surface area contributed by atoms with Crippen molar-refractivity contribution in [3.05, 3.63) is 0 Å². The topological polar surface area (TPSA) is 50.7 Å². The highest BCUT2D eigenvalue weighted by molar-refractivity contribution is 5.68. The maximum absolute atomic E-state index is 10.7. The maximum Gasteiger partial charge on any atom is 0.427 e. The van der Waals surface area contributed by atoms with Gasteiger partial charge >= 0.3 is 6.09 Å². The third kappa shape index (κ3) is 9.03. The lowest BCUT2D eigenvalue weighted by Gasteiger charge is -1.98. The lowest BCUT2D eigenvalue weighted by molar-refractivity contribution is 0.152. The van der Waals surface area contributed by atoms with Gasteiger partial charge in [0.2, 0.25) is 0 Å². The number of nitrogens with zero attached hydrogens (tertiary/aromatic N) is 1. The Morgan fingerprint density at radius 3 is 2.79 bits per heavy atom. The van der Waals surface area contributed by atoms with Crippen LogP contribution in [0.4, 0.5) is 4.79 Å². The Balaban J connectivity index is 3.22. The molecule has 0 heterocycles. The molecule has 0 saturated carbocycles. The van der Waals surface area contributed by atoms with E-state index in [1.807, 2.05) is 0 Å². The summed E-state index contributed by atoms with van der Waals surface area (Å²) in [5.74, 6) is 0. The number of carbonyl (C=O) groups is 1. The van der Waals surface area contributed by atoms with Gasteiger partial charge in [-0.3, -0.25) is 0 Å². The number of nitrogens with one attached hydrogen (secondary N) is 1. The number of carbonyl (C=O) groups excluding carboxylic acids is 1. The van der Waals surface area contributed by atoms with Crippen molar-refractivity contribution in [2.45, 2.75) is 46.0 Å². The summed E-state index contributed by atoms with van der Waals surface area (Å²) in [4.78, 5) is 10.7. The van der Waals surface area contributed by atoms with Crippen LogP contribution in [-0.2, 0) is 4.74 Å². The summed E-state index contributed by atoms with van der Waals surface area (Å²) >= 11 is 0. The van der Waals surface area contributed by atoms with Crippen LogP contribution in [0.3, 0.4) is 0 Å². The van der Waals surface area contributed by atoms with Crippen LogP contribution in [0.1, 0.15) is 46.0 Å². The van der Waals surface area contributed by atoms with Crippen molar-refractivity contribution in [2.75, 3.05) is 6.61 Å². The average molecular weight is 200 g/mol. The minimum absolute atomic E-state index is 0.373. The molecule has 0 aliphatic rings. The van der Waals surface area contributed by atoms with Crippen LogP contribution >= 0.6 is 0 Å². The summed E-state index contributed by atoms with van der Waals surface area (Å²) in [6, 6.07) is 0. The molecule has 0 atom stereocenters. The number of rotatable bonds is 7. The molecule has 0 aromatic heterocycles. The van der Waals surface area contributed by atoms with Gasteiger partial charge in [0.15, 0.2) is 0 Å². The highest BCUT2D eigenvalue weighted by Crippen LogP contribution is 2.00. The molecule has 82 valence electrons. The van der Waals surface area contributed by atoms with Crippen molar-refractivity contribution in [3.8, 4) is 0 Å². The normalized spacial score (nSPS) is 10.4. The second-order valence-corrected chi connectivity index (χ2v) is 2.99. The smallest absolute Gasteiger partial charge is 0.427 e. The van der Waals surface area contributed by atoms with Gasteiger partial charge in [-0.05, 0) is 19.8 Å². The van der Waals surface area contributed by atoms with E-state index in [9.17, 15) is 4.79 Å². The van der Waals surface area contributed by atoms with Crippen LogP contribution in [0, 0.1) is 0 Å². The number of amides is 1. The van der Waals surface area contributed by atoms with Gasteiger partial charge in [-0.25, -0.2) is 10.2 Å². The predicted octanol–water partition coefficient (Wildman–Crippen LogP) is 2.69. The molecule has 0 aromatic carbocycles. The maximum atomic E-state index is 10.7. The largest absolute Gasteiger partial charge is 0.449 e. The van der Waals surface area contributed by atoms with Gasteiger partial charge in [-0.2, -0.15) is 5.10 Å². The number of unbranched alkanes of at least 4 members (excludes halogenated alkanes) is 4. The SMILES string of the molecule is CCCCCC/C=N\NC(=O)OCC.